The lowest BCUT2D eigenvalue weighted by atomic mass is 9.94. The molecule has 1 aromatic carbocycles. The van der Waals surface area contributed by atoms with E-state index in [1.165, 1.54) is 12.1 Å². The number of hydrogen-bond donors (Lipinski definition) is 3. The predicted octanol–water partition coefficient (Wildman–Crippen LogP) is 4.13. The van der Waals surface area contributed by atoms with Crippen molar-refractivity contribution in [3.8, 4) is 0 Å². The number of hydrogen-bond acceptors (Lipinski definition) is 4. The number of amides is 2. The summed E-state index contributed by atoms with van der Waals surface area (Å²) in [5, 5.41) is 11.1. The Bertz CT molecular complexity index is 551. The highest BCUT2D eigenvalue weighted by Gasteiger charge is 2.08. The van der Waals surface area contributed by atoms with Gasteiger partial charge in [-0.3, -0.25) is 15.3 Å². The number of rotatable bonds is 9. The van der Waals surface area contributed by atoms with Crippen molar-refractivity contribution in [1.29, 1.82) is 0 Å². The van der Waals surface area contributed by atoms with E-state index in [2.05, 4.69) is 25.7 Å². The molecule has 0 saturated carbocycles. The smallest absolute Gasteiger partial charge is 0.411 e. The van der Waals surface area contributed by atoms with Crippen LogP contribution in [0.15, 0.2) is 36.4 Å². The van der Waals surface area contributed by atoms with E-state index in [-0.39, 0.29) is 12.2 Å². The van der Waals surface area contributed by atoms with Gasteiger partial charge in [-0.1, -0.05) is 38.8 Å². The number of carbonyl (C=O) groups is 2. The Kier molecular flexibility index (Phi) is 8.57. The summed E-state index contributed by atoms with van der Waals surface area (Å²) in [6.45, 7) is 8.66. The van der Waals surface area contributed by atoms with Gasteiger partial charge in [0.1, 0.15) is 0 Å². The molecule has 0 bridgehead atoms. The highest BCUT2D eigenvalue weighted by molar-refractivity contribution is 5.94. The number of ether oxygens (including phenoxy) is 1. The first-order valence-corrected chi connectivity index (χ1v) is 8.15. The van der Waals surface area contributed by atoms with E-state index >= 15 is 0 Å². The first kappa shape index (κ1) is 19.7. The molecule has 0 heterocycles. The lowest BCUT2D eigenvalue weighted by Gasteiger charge is -2.14. The Balaban J connectivity index is 2.33. The summed E-state index contributed by atoms with van der Waals surface area (Å²) in [6.07, 6.45) is 3.32. The van der Waals surface area contributed by atoms with E-state index < -0.39 is 12.0 Å². The molecule has 1 aromatic rings. The summed E-state index contributed by atoms with van der Waals surface area (Å²) in [4.78, 5) is 22.9. The molecular formula is C18H26N2O4. The molecule has 0 aliphatic carbocycles. The summed E-state index contributed by atoms with van der Waals surface area (Å²) in [5.41, 5.74) is 3.43. The van der Waals surface area contributed by atoms with Crippen LogP contribution in [0.4, 0.5) is 10.5 Å². The zero-order valence-corrected chi connectivity index (χ0v) is 14.3. The van der Waals surface area contributed by atoms with Crippen molar-refractivity contribution in [3.63, 3.8) is 0 Å². The Morgan fingerprint density at radius 3 is 2.38 bits per heavy atom. The molecule has 0 saturated heterocycles. The van der Waals surface area contributed by atoms with Crippen molar-refractivity contribution in [2.24, 2.45) is 5.92 Å². The average molecular weight is 334 g/mol. The first-order chi connectivity index (χ1) is 11.5. The van der Waals surface area contributed by atoms with Gasteiger partial charge >= 0.3 is 6.09 Å². The predicted molar refractivity (Wildman–Crippen MR) is 93.1 cm³/mol. The number of nitrogens with one attached hydrogen (secondary N) is 2. The summed E-state index contributed by atoms with van der Waals surface area (Å²) >= 11 is 0. The van der Waals surface area contributed by atoms with E-state index in [0.29, 0.717) is 18.0 Å². The quantitative estimate of drug-likeness (QED) is 0.360. The molecule has 3 N–H and O–H groups in total. The summed E-state index contributed by atoms with van der Waals surface area (Å²) in [6, 6.07) is 6.08. The number of anilines is 1. The van der Waals surface area contributed by atoms with Gasteiger partial charge in [0.2, 0.25) is 0 Å². The van der Waals surface area contributed by atoms with Gasteiger partial charge in [-0.2, -0.15) is 0 Å². The molecule has 0 aromatic heterocycles. The van der Waals surface area contributed by atoms with E-state index in [4.69, 9.17) is 9.94 Å². The van der Waals surface area contributed by atoms with Crippen LogP contribution in [0.5, 0.6) is 0 Å². The van der Waals surface area contributed by atoms with Gasteiger partial charge in [0.25, 0.3) is 5.91 Å². The molecule has 0 unspecified atom stereocenters. The van der Waals surface area contributed by atoms with Crippen LogP contribution in [0.1, 0.15) is 49.9 Å². The molecule has 6 nitrogen and oxygen atoms in total. The van der Waals surface area contributed by atoms with E-state index in [0.717, 1.165) is 24.8 Å². The van der Waals surface area contributed by atoms with Crippen LogP contribution in [-0.4, -0.2) is 23.8 Å². The molecule has 0 aliphatic rings. The van der Waals surface area contributed by atoms with E-state index in [1.807, 2.05) is 0 Å². The molecule has 0 radical (unpaired) electrons. The standard InChI is InChI=1S/C18H26N2O4/c1-4-14(5-2)12-13(3)10-11-24-18(22)19-16-8-6-15(7-9-16)17(21)20-23/h6-9,14,23H,3-5,10-12H2,1-2H3,(H,19,22)(H,20,21). The molecule has 0 fully saturated rings. The number of hydroxylamine groups is 1. The minimum atomic E-state index is -0.611. The summed E-state index contributed by atoms with van der Waals surface area (Å²) < 4.78 is 5.13. The van der Waals surface area contributed by atoms with Crippen molar-refractivity contribution in [2.45, 2.75) is 39.5 Å². The molecule has 0 aliphatic heterocycles. The third-order valence-corrected chi connectivity index (χ3v) is 3.92. The fourth-order valence-corrected chi connectivity index (χ4v) is 2.30. The second kappa shape index (κ2) is 10.4. The monoisotopic (exact) mass is 334 g/mol. The topological polar surface area (TPSA) is 87.7 Å². The second-order valence-electron chi connectivity index (χ2n) is 5.67. The molecule has 0 atom stereocenters. The Labute approximate surface area is 142 Å². The van der Waals surface area contributed by atoms with Gasteiger partial charge in [-0.05, 0) is 36.6 Å². The van der Waals surface area contributed by atoms with Crippen LogP contribution in [0.25, 0.3) is 0 Å². The normalized spacial score (nSPS) is 10.3. The molecular weight excluding hydrogens is 308 g/mol. The first-order valence-electron chi connectivity index (χ1n) is 8.15. The van der Waals surface area contributed by atoms with Crippen molar-refractivity contribution in [1.82, 2.24) is 5.48 Å². The number of carbonyl (C=O) groups excluding carboxylic acids is 2. The van der Waals surface area contributed by atoms with Crippen LogP contribution in [0.3, 0.4) is 0 Å². The molecule has 132 valence electrons. The maximum Gasteiger partial charge on any atom is 0.411 e. The number of benzene rings is 1. The molecule has 0 spiro atoms. The molecule has 6 heteroatoms. The van der Waals surface area contributed by atoms with Crippen molar-refractivity contribution < 1.29 is 19.5 Å². The Morgan fingerprint density at radius 2 is 1.83 bits per heavy atom. The second-order valence-corrected chi connectivity index (χ2v) is 5.67. The average Bonchev–Trinajstić information content (AvgIpc) is 2.59. The van der Waals surface area contributed by atoms with Crippen LogP contribution < -0.4 is 10.8 Å². The van der Waals surface area contributed by atoms with E-state index in [9.17, 15) is 9.59 Å². The largest absolute Gasteiger partial charge is 0.449 e. The van der Waals surface area contributed by atoms with Crippen LogP contribution >= 0.6 is 0 Å². The Hall–Kier alpha value is -2.34. The van der Waals surface area contributed by atoms with Gasteiger partial charge < -0.3 is 4.74 Å². The van der Waals surface area contributed by atoms with Crippen molar-refractivity contribution in [3.05, 3.63) is 42.0 Å². The maximum atomic E-state index is 11.7. The Morgan fingerprint density at radius 1 is 1.21 bits per heavy atom. The van der Waals surface area contributed by atoms with Crippen LogP contribution in [0.2, 0.25) is 0 Å². The van der Waals surface area contributed by atoms with Gasteiger partial charge in [-0.25, -0.2) is 10.3 Å². The highest BCUT2D eigenvalue weighted by atomic mass is 16.5. The van der Waals surface area contributed by atoms with Crippen molar-refractivity contribution in [2.75, 3.05) is 11.9 Å². The fraction of sp³-hybridized carbons (Fsp3) is 0.444. The minimum Gasteiger partial charge on any atom is -0.449 e. The van der Waals surface area contributed by atoms with Crippen molar-refractivity contribution >= 4 is 17.7 Å². The maximum absolute atomic E-state index is 11.7. The fourth-order valence-electron chi connectivity index (χ4n) is 2.30. The van der Waals surface area contributed by atoms with Crippen LogP contribution in [0, 0.1) is 5.92 Å². The lowest BCUT2D eigenvalue weighted by molar-refractivity contribution is 0.0706. The third-order valence-electron chi connectivity index (χ3n) is 3.92. The SMILES string of the molecule is C=C(CCOC(=O)Nc1ccc(C(=O)NO)cc1)CC(CC)CC. The minimum absolute atomic E-state index is 0.286. The third kappa shape index (κ3) is 6.83. The van der Waals surface area contributed by atoms with Gasteiger partial charge in [-0.15, -0.1) is 0 Å². The van der Waals surface area contributed by atoms with Gasteiger partial charge in [0, 0.05) is 17.7 Å². The summed E-state index contributed by atoms with van der Waals surface area (Å²) in [7, 11) is 0. The summed E-state index contributed by atoms with van der Waals surface area (Å²) in [5.74, 6) is 0.0288. The van der Waals surface area contributed by atoms with Gasteiger partial charge in [0.15, 0.2) is 0 Å². The zero-order valence-electron chi connectivity index (χ0n) is 14.3. The highest BCUT2D eigenvalue weighted by Crippen LogP contribution is 2.19. The lowest BCUT2D eigenvalue weighted by Crippen LogP contribution is -2.18. The zero-order chi connectivity index (χ0) is 17.9. The van der Waals surface area contributed by atoms with Crippen LogP contribution in [-0.2, 0) is 4.74 Å². The molecule has 24 heavy (non-hydrogen) atoms. The van der Waals surface area contributed by atoms with Gasteiger partial charge in [0.05, 0.1) is 6.61 Å². The van der Waals surface area contributed by atoms with E-state index in [1.54, 1.807) is 17.6 Å². The molecule has 1 rings (SSSR count). The molecule has 2 amide bonds.